The number of esters is 1. The zero-order valence-electron chi connectivity index (χ0n) is 9.49. The molecule has 1 aromatic carbocycles. The molecule has 0 spiro atoms. The molecule has 0 aliphatic rings. The third kappa shape index (κ3) is 3.36. The number of phenols is 1. The summed E-state index contributed by atoms with van der Waals surface area (Å²) in [6, 6.07) is 1.47. The van der Waals surface area contributed by atoms with Crippen LogP contribution in [0, 0.1) is 0 Å². The van der Waals surface area contributed by atoms with Gasteiger partial charge in [-0.25, -0.2) is 0 Å². The summed E-state index contributed by atoms with van der Waals surface area (Å²) < 4.78 is 41.4. The highest BCUT2D eigenvalue weighted by Crippen LogP contribution is 2.32. The number of carbonyl (C=O) groups excluding carboxylic acids is 1. The first-order valence-electron chi connectivity index (χ1n) is 4.98. The smallest absolute Gasteiger partial charge is 0.416 e. The van der Waals surface area contributed by atoms with Crippen LogP contribution < -0.4 is 5.73 Å². The van der Waals surface area contributed by atoms with Crippen LogP contribution in [-0.2, 0) is 22.1 Å². The second-order valence-electron chi connectivity index (χ2n) is 3.68. The van der Waals surface area contributed by atoms with Gasteiger partial charge in [0.2, 0.25) is 0 Å². The molecule has 0 aliphatic heterocycles. The van der Waals surface area contributed by atoms with Crippen molar-refractivity contribution in [2.45, 2.75) is 18.6 Å². The van der Waals surface area contributed by atoms with Crippen LogP contribution >= 0.6 is 0 Å². The summed E-state index contributed by atoms with van der Waals surface area (Å²) in [7, 11) is 1.15. The normalized spacial score (nSPS) is 13.2. The van der Waals surface area contributed by atoms with Crippen molar-refractivity contribution in [3.8, 4) is 5.75 Å². The molecule has 4 nitrogen and oxygen atoms in total. The van der Waals surface area contributed by atoms with Gasteiger partial charge in [0, 0.05) is 6.42 Å². The molecule has 1 aromatic rings. The summed E-state index contributed by atoms with van der Waals surface area (Å²) in [6.45, 7) is 0. The van der Waals surface area contributed by atoms with Gasteiger partial charge in [-0.05, 0) is 17.7 Å². The van der Waals surface area contributed by atoms with E-state index in [1.807, 2.05) is 0 Å². The molecule has 7 heteroatoms. The number of carbonyl (C=O) groups is 1. The van der Waals surface area contributed by atoms with E-state index in [1.165, 1.54) is 0 Å². The van der Waals surface area contributed by atoms with E-state index in [4.69, 9.17) is 5.73 Å². The van der Waals surface area contributed by atoms with Crippen molar-refractivity contribution < 1.29 is 27.8 Å². The van der Waals surface area contributed by atoms with E-state index < -0.39 is 29.5 Å². The van der Waals surface area contributed by atoms with E-state index in [0.29, 0.717) is 6.07 Å². The van der Waals surface area contributed by atoms with Crippen molar-refractivity contribution in [2.24, 2.45) is 5.73 Å². The van der Waals surface area contributed by atoms with Crippen LogP contribution in [0.2, 0.25) is 0 Å². The average molecular weight is 263 g/mol. The van der Waals surface area contributed by atoms with Crippen LogP contribution in [0.5, 0.6) is 5.75 Å². The lowest BCUT2D eigenvalue weighted by atomic mass is 10.0. The van der Waals surface area contributed by atoms with Crippen LogP contribution in [0.1, 0.15) is 11.1 Å². The number of phenolic OH excluding ortho intramolecular Hbond substituents is 1. The Kier molecular flexibility index (Phi) is 4.18. The van der Waals surface area contributed by atoms with Gasteiger partial charge >= 0.3 is 12.1 Å². The fraction of sp³-hybridized carbons (Fsp3) is 0.364. The molecular weight excluding hydrogens is 251 g/mol. The standard InChI is InChI=1S/C11H12F3NO3/c1-18-10(17)8(15)4-6-2-3-7(5-9(6)16)11(12,13)14/h2-3,5,8,16H,4,15H2,1H3/t8-/m0/s1. The molecule has 0 radical (unpaired) electrons. The molecule has 1 rings (SSSR count). The topological polar surface area (TPSA) is 72.5 Å². The quantitative estimate of drug-likeness (QED) is 0.810. The second-order valence-corrected chi connectivity index (χ2v) is 3.68. The Hall–Kier alpha value is -1.76. The monoisotopic (exact) mass is 263 g/mol. The Labute approximate surface area is 101 Å². The molecule has 0 aromatic heterocycles. The van der Waals surface area contributed by atoms with Crippen molar-refractivity contribution in [1.82, 2.24) is 0 Å². The number of rotatable bonds is 3. The van der Waals surface area contributed by atoms with Gasteiger partial charge in [-0.1, -0.05) is 6.07 Å². The summed E-state index contributed by atoms with van der Waals surface area (Å²) in [5.74, 6) is -1.25. The number of alkyl halides is 3. The van der Waals surface area contributed by atoms with Gasteiger partial charge in [0.15, 0.2) is 0 Å². The van der Waals surface area contributed by atoms with Gasteiger partial charge in [0.1, 0.15) is 11.8 Å². The summed E-state index contributed by atoms with van der Waals surface area (Å²) in [6.07, 6.45) is -4.63. The minimum Gasteiger partial charge on any atom is -0.508 e. The summed E-state index contributed by atoms with van der Waals surface area (Å²) in [5, 5.41) is 9.45. The van der Waals surface area contributed by atoms with Crippen LogP contribution in [-0.4, -0.2) is 24.2 Å². The van der Waals surface area contributed by atoms with Gasteiger partial charge in [0.25, 0.3) is 0 Å². The van der Waals surface area contributed by atoms with Crippen LogP contribution in [0.4, 0.5) is 13.2 Å². The highest BCUT2D eigenvalue weighted by molar-refractivity contribution is 5.75. The van der Waals surface area contributed by atoms with Crippen LogP contribution in [0.15, 0.2) is 18.2 Å². The molecular formula is C11H12F3NO3. The number of nitrogens with two attached hydrogens (primary N) is 1. The minimum atomic E-state index is -4.53. The first-order chi connectivity index (χ1) is 8.25. The number of hydrogen-bond donors (Lipinski definition) is 2. The third-order valence-corrected chi connectivity index (χ3v) is 2.36. The number of hydrogen-bond acceptors (Lipinski definition) is 4. The highest BCUT2D eigenvalue weighted by atomic mass is 19.4. The molecule has 1 atom stereocenters. The van der Waals surface area contributed by atoms with Crippen LogP contribution in [0.25, 0.3) is 0 Å². The average Bonchev–Trinajstić information content (AvgIpc) is 2.29. The Bertz CT molecular complexity index is 446. The van der Waals surface area contributed by atoms with Crippen molar-refractivity contribution in [1.29, 1.82) is 0 Å². The molecule has 0 heterocycles. The Morgan fingerprint density at radius 2 is 2.11 bits per heavy atom. The largest absolute Gasteiger partial charge is 0.508 e. The maximum Gasteiger partial charge on any atom is 0.416 e. The predicted molar refractivity (Wildman–Crippen MR) is 56.8 cm³/mol. The summed E-state index contributed by atoms with van der Waals surface area (Å²) >= 11 is 0. The molecule has 0 saturated carbocycles. The minimum absolute atomic E-state index is 0.101. The Morgan fingerprint density at radius 3 is 2.56 bits per heavy atom. The summed E-state index contributed by atoms with van der Waals surface area (Å²) in [4.78, 5) is 11.0. The van der Waals surface area contributed by atoms with Crippen molar-refractivity contribution in [3.63, 3.8) is 0 Å². The van der Waals surface area contributed by atoms with E-state index in [2.05, 4.69) is 4.74 Å². The fourth-order valence-electron chi connectivity index (χ4n) is 1.38. The molecule has 0 saturated heterocycles. The number of halogens is 3. The van der Waals surface area contributed by atoms with Crippen molar-refractivity contribution in [3.05, 3.63) is 29.3 Å². The van der Waals surface area contributed by atoms with E-state index in [-0.39, 0.29) is 12.0 Å². The molecule has 18 heavy (non-hydrogen) atoms. The lowest BCUT2D eigenvalue weighted by Gasteiger charge is -2.12. The van der Waals surface area contributed by atoms with Gasteiger partial charge in [-0.3, -0.25) is 4.79 Å². The zero-order chi connectivity index (χ0) is 13.9. The van der Waals surface area contributed by atoms with Gasteiger partial charge in [-0.15, -0.1) is 0 Å². The maximum absolute atomic E-state index is 12.3. The van der Waals surface area contributed by atoms with E-state index in [1.54, 1.807) is 0 Å². The molecule has 0 bridgehead atoms. The number of ether oxygens (including phenoxy) is 1. The van der Waals surface area contributed by atoms with Crippen molar-refractivity contribution >= 4 is 5.97 Å². The molecule has 0 unspecified atom stereocenters. The summed E-state index contributed by atoms with van der Waals surface area (Å²) in [5.41, 5.74) is 4.64. The first kappa shape index (κ1) is 14.3. The molecule has 0 amide bonds. The second kappa shape index (κ2) is 5.26. The predicted octanol–water partition coefficient (Wildman–Crippen LogP) is 1.45. The number of methoxy groups -OCH3 is 1. The van der Waals surface area contributed by atoms with E-state index in [9.17, 15) is 23.1 Å². The third-order valence-electron chi connectivity index (χ3n) is 2.36. The zero-order valence-corrected chi connectivity index (χ0v) is 9.49. The number of aromatic hydroxyl groups is 1. The van der Waals surface area contributed by atoms with Gasteiger partial charge in [-0.2, -0.15) is 13.2 Å². The Balaban J connectivity index is 2.90. The van der Waals surface area contributed by atoms with Crippen LogP contribution in [0.3, 0.4) is 0 Å². The molecule has 0 fully saturated rings. The van der Waals surface area contributed by atoms with Gasteiger partial charge < -0.3 is 15.6 Å². The highest BCUT2D eigenvalue weighted by Gasteiger charge is 2.31. The molecule has 0 aliphatic carbocycles. The fourth-order valence-corrected chi connectivity index (χ4v) is 1.38. The van der Waals surface area contributed by atoms with E-state index in [0.717, 1.165) is 19.2 Å². The lowest BCUT2D eigenvalue weighted by molar-refractivity contribution is -0.142. The molecule has 3 N–H and O–H groups in total. The lowest BCUT2D eigenvalue weighted by Crippen LogP contribution is -2.33. The SMILES string of the molecule is COC(=O)[C@@H](N)Cc1ccc(C(F)(F)F)cc1O. The maximum atomic E-state index is 12.3. The Morgan fingerprint density at radius 1 is 1.50 bits per heavy atom. The first-order valence-corrected chi connectivity index (χ1v) is 4.98. The van der Waals surface area contributed by atoms with E-state index >= 15 is 0 Å². The van der Waals surface area contributed by atoms with Gasteiger partial charge in [0.05, 0.1) is 12.7 Å². The molecule has 100 valence electrons. The van der Waals surface area contributed by atoms with Crippen molar-refractivity contribution in [2.75, 3.05) is 7.11 Å². The number of benzene rings is 1.